The van der Waals surface area contributed by atoms with Gasteiger partial charge >= 0.3 is 0 Å². The zero-order valence-corrected chi connectivity index (χ0v) is 22.5. The average Bonchev–Trinajstić information content (AvgIpc) is 2.90. The number of aliphatic hydroxyl groups excluding tert-OH is 1. The summed E-state index contributed by atoms with van der Waals surface area (Å²) in [5.74, 6) is -1.18. The summed E-state index contributed by atoms with van der Waals surface area (Å²) in [6, 6.07) is 28.0. The van der Waals surface area contributed by atoms with Crippen molar-refractivity contribution in [2.45, 2.75) is 51.9 Å². The van der Waals surface area contributed by atoms with E-state index in [-0.39, 0.29) is 23.8 Å². The van der Waals surface area contributed by atoms with Crippen LogP contribution in [0.1, 0.15) is 53.9 Å². The first-order valence-electron chi connectivity index (χ1n) is 13.1. The number of β-amino-alcohol motifs (C(OH)–C–C–N with tert-alkyl or cyclic N) is 1. The largest absolute Gasteiger partial charge is 0.545 e. The number of aliphatic hydroxyl groups is 1. The van der Waals surface area contributed by atoms with Gasteiger partial charge in [-0.3, -0.25) is 0 Å². The third kappa shape index (κ3) is 6.87. The third-order valence-electron chi connectivity index (χ3n) is 6.97. The summed E-state index contributed by atoms with van der Waals surface area (Å²) in [7, 11) is 0. The van der Waals surface area contributed by atoms with E-state index in [0.717, 1.165) is 23.1 Å². The van der Waals surface area contributed by atoms with Crippen LogP contribution in [0.2, 0.25) is 0 Å². The Kier molecular flexibility index (Phi) is 8.62. The number of carbonyl (C=O) groups is 1. The SMILES string of the molecule is Cc1cc(-c2ccccc2[C@@H](C)OC[C@H](O)CNC(C)(C)Cc2ccc3ccccc3c2)ccc1C(=O)[O-]. The Balaban J connectivity index is 1.34. The van der Waals surface area contributed by atoms with Crippen molar-refractivity contribution >= 4 is 16.7 Å². The van der Waals surface area contributed by atoms with Gasteiger partial charge in [0.25, 0.3) is 0 Å². The van der Waals surface area contributed by atoms with Crippen molar-refractivity contribution in [3.63, 3.8) is 0 Å². The molecule has 38 heavy (non-hydrogen) atoms. The predicted octanol–water partition coefficient (Wildman–Crippen LogP) is 5.23. The van der Waals surface area contributed by atoms with Crippen LogP contribution in [-0.4, -0.2) is 35.9 Å². The second-order valence-corrected chi connectivity index (χ2v) is 10.7. The highest BCUT2D eigenvalue weighted by Gasteiger charge is 2.21. The maximum atomic E-state index is 11.3. The summed E-state index contributed by atoms with van der Waals surface area (Å²) >= 11 is 0. The minimum atomic E-state index is -1.18. The molecule has 0 amide bonds. The number of hydrogen-bond donors (Lipinski definition) is 2. The van der Waals surface area contributed by atoms with Crippen molar-refractivity contribution in [3.05, 3.63) is 107 Å². The van der Waals surface area contributed by atoms with Gasteiger partial charge in [-0.15, -0.1) is 0 Å². The van der Waals surface area contributed by atoms with Gasteiger partial charge in [-0.05, 0) is 72.7 Å². The second kappa shape index (κ2) is 11.9. The average molecular weight is 511 g/mol. The molecule has 0 heterocycles. The van der Waals surface area contributed by atoms with Crippen LogP contribution in [-0.2, 0) is 11.2 Å². The Bertz CT molecular complexity index is 1410. The van der Waals surface area contributed by atoms with Crippen LogP contribution >= 0.6 is 0 Å². The van der Waals surface area contributed by atoms with Crippen molar-refractivity contribution in [2.24, 2.45) is 0 Å². The molecule has 5 nitrogen and oxygen atoms in total. The number of benzene rings is 4. The van der Waals surface area contributed by atoms with Gasteiger partial charge in [0.2, 0.25) is 0 Å². The number of rotatable bonds is 11. The van der Waals surface area contributed by atoms with Crippen molar-refractivity contribution in [3.8, 4) is 11.1 Å². The minimum Gasteiger partial charge on any atom is -0.545 e. The van der Waals surface area contributed by atoms with Gasteiger partial charge < -0.3 is 25.1 Å². The van der Waals surface area contributed by atoms with Crippen LogP contribution in [0.25, 0.3) is 21.9 Å². The number of hydrogen-bond acceptors (Lipinski definition) is 5. The van der Waals surface area contributed by atoms with Crippen molar-refractivity contribution in [2.75, 3.05) is 13.2 Å². The van der Waals surface area contributed by atoms with Crippen molar-refractivity contribution < 1.29 is 19.7 Å². The molecule has 198 valence electrons. The first kappa shape index (κ1) is 27.5. The molecule has 0 spiro atoms. The molecule has 0 aliphatic heterocycles. The molecule has 0 saturated heterocycles. The molecule has 5 heteroatoms. The molecule has 2 atom stereocenters. The van der Waals surface area contributed by atoms with Crippen LogP contribution in [0, 0.1) is 6.92 Å². The Morgan fingerprint density at radius 1 is 0.974 bits per heavy atom. The molecular formula is C33H36NO4-. The maximum Gasteiger partial charge on any atom is 0.0898 e. The molecule has 4 aromatic carbocycles. The minimum absolute atomic E-state index is 0.190. The standard InChI is InChI=1S/C33H37NO4/c1-22-17-27(15-16-29(22)32(36)37)31-12-8-7-11-30(31)23(2)38-21-28(35)20-34-33(3,4)19-24-13-14-25-9-5-6-10-26(25)18-24/h5-18,23,28,34-35H,19-21H2,1-4H3,(H,36,37)/p-1/t23-,28-/m1/s1. The highest BCUT2D eigenvalue weighted by molar-refractivity contribution is 5.88. The molecule has 0 aromatic heterocycles. The van der Waals surface area contributed by atoms with E-state index in [1.54, 1.807) is 19.1 Å². The molecule has 4 aromatic rings. The molecule has 0 fully saturated rings. The Morgan fingerprint density at radius 2 is 1.68 bits per heavy atom. The van der Waals surface area contributed by atoms with E-state index in [2.05, 4.69) is 55.6 Å². The smallest absolute Gasteiger partial charge is 0.0898 e. The molecule has 0 aliphatic rings. The van der Waals surface area contributed by atoms with Gasteiger partial charge in [-0.1, -0.05) is 84.9 Å². The number of aryl methyl sites for hydroxylation is 1. The summed E-state index contributed by atoms with van der Waals surface area (Å²) in [6.45, 7) is 8.62. The van der Waals surface area contributed by atoms with Gasteiger partial charge in [0.15, 0.2) is 0 Å². The molecule has 0 saturated carbocycles. The number of fused-ring (bicyclic) bond motifs is 1. The molecule has 0 unspecified atom stereocenters. The van der Waals surface area contributed by atoms with Crippen LogP contribution in [0.4, 0.5) is 0 Å². The molecule has 4 rings (SSSR count). The zero-order chi connectivity index (χ0) is 27.3. The highest BCUT2D eigenvalue weighted by Crippen LogP contribution is 2.31. The fourth-order valence-corrected chi connectivity index (χ4v) is 4.89. The monoisotopic (exact) mass is 510 g/mol. The fraction of sp³-hybridized carbons (Fsp3) is 0.303. The summed E-state index contributed by atoms with van der Waals surface area (Å²) in [6.07, 6.45) is -0.0802. The van der Waals surface area contributed by atoms with Crippen LogP contribution in [0.5, 0.6) is 0 Å². The fourth-order valence-electron chi connectivity index (χ4n) is 4.89. The summed E-state index contributed by atoms with van der Waals surface area (Å²) in [5, 5.41) is 27.9. The first-order valence-corrected chi connectivity index (χ1v) is 13.1. The van der Waals surface area contributed by atoms with Gasteiger partial charge in [0.05, 0.1) is 24.8 Å². The molecular weight excluding hydrogens is 474 g/mol. The van der Waals surface area contributed by atoms with E-state index < -0.39 is 12.1 Å². The Labute approximate surface area is 225 Å². The number of carbonyl (C=O) groups excluding carboxylic acids is 1. The molecule has 0 bridgehead atoms. The van der Waals surface area contributed by atoms with E-state index in [1.807, 2.05) is 43.3 Å². The van der Waals surface area contributed by atoms with Crippen LogP contribution in [0.3, 0.4) is 0 Å². The van der Waals surface area contributed by atoms with E-state index >= 15 is 0 Å². The van der Waals surface area contributed by atoms with E-state index in [1.165, 1.54) is 16.3 Å². The van der Waals surface area contributed by atoms with E-state index in [0.29, 0.717) is 12.1 Å². The first-order chi connectivity index (χ1) is 18.1. The number of carboxylic acids is 1. The highest BCUT2D eigenvalue weighted by atomic mass is 16.5. The lowest BCUT2D eigenvalue weighted by Gasteiger charge is -2.28. The zero-order valence-electron chi connectivity index (χ0n) is 22.5. The normalized spacial score (nSPS) is 13.4. The number of carboxylic acid groups (broad SMARTS) is 1. The van der Waals surface area contributed by atoms with Crippen molar-refractivity contribution in [1.29, 1.82) is 0 Å². The lowest BCUT2D eigenvalue weighted by atomic mass is 9.93. The third-order valence-corrected chi connectivity index (χ3v) is 6.97. The van der Waals surface area contributed by atoms with Crippen molar-refractivity contribution in [1.82, 2.24) is 5.32 Å². The van der Waals surface area contributed by atoms with E-state index in [4.69, 9.17) is 4.74 Å². The summed E-state index contributed by atoms with van der Waals surface area (Å²) in [5.41, 5.74) is 4.75. The number of aromatic carboxylic acids is 1. The van der Waals surface area contributed by atoms with Gasteiger partial charge in [-0.2, -0.15) is 0 Å². The Morgan fingerprint density at radius 3 is 2.42 bits per heavy atom. The quantitative estimate of drug-likeness (QED) is 0.289. The Hall–Kier alpha value is -3.51. The van der Waals surface area contributed by atoms with Crippen LogP contribution in [0.15, 0.2) is 84.9 Å². The van der Waals surface area contributed by atoms with E-state index in [9.17, 15) is 15.0 Å². The van der Waals surface area contributed by atoms with Gasteiger partial charge in [0, 0.05) is 17.6 Å². The molecule has 2 N–H and O–H groups in total. The predicted molar refractivity (Wildman–Crippen MR) is 151 cm³/mol. The molecule has 0 aliphatic carbocycles. The molecule has 0 radical (unpaired) electrons. The lowest BCUT2D eigenvalue weighted by Crippen LogP contribution is -2.46. The number of nitrogens with one attached hydrogen (secondary N) is 1. The number of ether oxygens (including phenoxy) is 1. The summed E-state index contributed by atoms with van der Waals surface area (Å²) < 4.78 is 6.08. The van der Waals surface area contributed by atoms with Gasteiger partial charge in [-0.25, -0.2) is 0 Å². The second-order valence-electron chi connectivity index (χ2n) is 10.7. The topological polar surface area (TPSA) is 81.6 Å². The lowest BCUT2D eigenvalue weighted by molar-refractivity contribution is -0.255. The maximum absolute atomic E-state index is 11.3. The summed E-state index contributed by atoms with van der Waals surface area (Å²) in [4.78, 5) is 11.3. The van der Waals surface area contributed by atoms with Gasteiger partial charge in [0.1, 0.15) is 0 Å². The van der Waals surface area contributed by atoms with Crippen LogP contribution < -0.4 is 10.4 Å².